The van der Waals surface area contributed by atoms with Gasteiger partial charge in [-0.2, -0.15) is 0 Å². The Morgan fingerprint density at radius 2 is 1.57 bits per heavy atom. The van der Waals surface area contributed by atoms with E-state index in [1.165, 1.54) is 56.2 Å². The first kappa shape index (κ1) is 18.0. The van der Waals surface area contributed by atoms with E-state index in [2.05, 4.69) is 62.4 Å². The Kier molecular flexibility index (Phi) is 9.16. The van der Waals surface area contributed by atoms with Crippen LogP contribution in [0.3, 0.4) is 0 Å². The van der Waals surface area contributed by atoms with Gasteiger partial charge >= 0.3 is 0 Å². The first-order valence-corrected chi connectivity index (χ1v) is 8.69. The summed E-state index contributed by atoms with van der Waals surface area (Å²) in [5.74, 6) is 0. The molecule has 0 radical (unpaired) electrons. The van der Waals surface area contributed by atoms with Crippen molar-refractivity contribution in [3.8, 4) is 0 Å². The normalized spacial score (nSPS) is 12.4. The highest BCUT2D eigenvalue weighted by atomic mass is 15.1. The Morgan fingerprint density at radius 1 is 0.905 bits per heavy atom. The average Bonchev–Trinajstić information content (AvgIpc) is 2.50. The Balaban J connectivity index is 2.54. The molecule has 1 unspecified atom stereocenters. The molecule has 0 saturated heterocycles. The molecule has 1 rings (SSSR count). The lowest BCUT2D eigenvalue weighted by molar-refractivity contribution is 0.468. The largest absolute Gasteiger partial charge is 0.378 e. The minimum atomic E-state index is 0.516. The van der Waals surface area contributed by atoms with E-state index < -0.39 is 0 Å². The molecule has 2 nitrogen and oxygen atoms in total. The summed E-state index contributed by atoms with van der Waals surface area (Å²) in [6.45, 7) is 5.62. The molecular formula is C19H34N2. The van der Waals surface area contributed by atoms with Crippen LogP contribution in [-0.2, 0) is 0 Å². The second-order valence-corrected chi connectivity index (χ2v) is 6.20. The quantitative estimate of drug-likeness (QED) is 0.567. The van der Waals surface area contributed by atoms with Crippen molar-refractivity contribution < 1.29 is 0 Å². The van der Waals surface area contributed by atoms with E-state index >= 15 is 0 Å². The van der Waals surface area contributed by atoms with Crippen molar-refractivity contribution >= 4 is 5.69 Å². The smallest absolute Gasteiger partial charge is 0.0361 e. The maximum atomic E-state index is 3.71. The summed E-state index contributed by atoms with van der Waals surface area (Å²) in [7, 11) is 4.19. The van der Waals surface area contributed by atoms with E-state index in [0.29, 0.717) is 6.04 Å². The van der Waals surface area contributed by atoms with Crippen LogP contribution in [-0.4, -0.2) is 20.6 Å². The highest BCUT2D eigenvalue weighted by Crippen LogP contribution is 2.23. The zero-order valence-electron chi connectivity index (χ0n) is 14.5. The summed E-state index contributed by atoms with van der Waals surface area (Å²) < 4.78 is 0. The molecule has 0 aliphatic heterocycles. The molecule has 0 heterocycles. The van der Waals surface area contributed by atoms with Gasteiger partial charge in [-0.1, -0.05) is 58.1 Å². The van der Waals surface area contributed by atoms with Crippen molar-refractivity contribution in [1.29, 1.82) is 0 Å². The van der Waals surface area contributed by atoms with Gasteiger partial charge in [-0.25, -0.2) is 0 Å². The molecule has 2 heteroatoms. The minimum absolute atomic E-state index is 0.516. The molecule has 1 aromatic rings. The molecule has 0 aliphatic rings. The SMILES string of the molecule is CCCCCCCC(NCCC)c1ccc(N(C)C)cc1. The van der Waals surface area contributed by atoms with Crippen LogP contribution < -0.4 is 10.2 Å². The zero-order chi connectivity index (χ0) is 15.5. The van der Waals surface area contributed by atoms with E-state index in [-0.39, 0.29) is 0 Å². The molecule has 0 bridgehead atoms. The van der Waals surface area contributed by atoms with E-state index in [0.717, 1.165) is 6.54 Å². The lowest BCUT2D eigenvalue weighted by atomic mass is 9.99. The van der Waals surface area contributed by atoms with Crippen molar-refractivity contribution in [3.63, 3.8) is 0 Å². The number of rotatable bonds is 11. The van der Waals surface area contributed by atoms with E-state index in [1.54, 1.807) is 0 Å². The molecule has 1 N–H and O–H groups in total. The van der Waals surface area contributed by atoms with Crippen LogP contribution in [0.2, 0.25) is 0 Å². The fraction of sp³-hybridized carbons (Fsp3) is 0.684. The van der Waals surface area contributed by atoms with Crippen LogP contribution in [0.4, 0.5) is 5.69 Å². The van der Waals surface area contributed by atoms with Crippen molar-refractivity contribution in [3.05, 3.63) is 29.8 Å². The van der Waals surface area contributed by atoms with Gasteiger partial charge in [0.25, 0.3) is 0 Å². The van der Waals surface area contributed by atoms with Crippen LogP contribution in [0, 0.1) is 0 Å². The Hall–Kier alpha value is -1.02. The lowest BCUT2D eigenvalue weighted by Crippen LogP contribution is -2.22. The van der Waals surface area contributed by atoms with Crippen molar-refractivity contribution in [2.24, 2.45) is 0 Å². The molecule has 0 aliphatic carbocycles. The maximum Gasteiger partial charge on any atom is 0.0361 e. The molecule has 1 aromatic carbocycles. The monoisotopic (exact) mass is 290 g/mol. The van der Waals surface area contributed by atoms with Crippen LogP contribution >= 0.6 is 0 Å². The Morgan fingerprint density at radius 3 is 2.14 bits per heavy atom. The summed E-state index contributed by atoms with van der Waals surface area (Å²) >= 11 is 0. The zero-order valence-corrected chi connectivity index (χ0v) is 14.5. The van der Waals surface area contributed by atoms with Crippen molar-refractivity contribution in [1.82, 2.24) is 5.32 Å². The fourth-order valence-electron chi connectivity index (χ4n) is 2.66. The molecule has 1 atom stereocenters. The molecule has 0 aromatic heterocycles. The lowest BCUT2D eigenvalue weighted by Gasteiger charge is -2.20. The van der Waals surface area contributed by atoms with Gasteiger partial charge in [-0.05, 0) is 37.1 Å². The van der Waals surface area contributed by atoms with Crippen LogP contribution in [0.5, 0.6) is 0 Å². The number of hydrogen-bond donors (Lipinski definition) is 1. The van der Waals surface area contributed by atoms with Gasteiger partial charge in [0, 0.05) is 25.8 Å². The van der Waals surface area contributed by atoms with Gasteiger partial charge in [-0.3, -0.25) is 0 Å². The third-order valence-corrected chi connectivity index (χ3v) is 4.05. The van der Waals surface area contributed by atoms with Gasteiger partial charge in [0.15, 0.2) is 0 Å². The van der Waals surface area contributed by atoms with Gasteiger partial charge in [0.1, 0.15) is 0 Å². The van der Waals surface area contributed by atoms with Gasteiger partial charge in [0.05, 0.1) is 0 Å². The first-order chi connectivity index (χ1) is 10.2. The van der Waals surface area contributed by atoms with Crippen LogP contribution in [0.25, 0.3) is 0 Å². The summed E-state index contributed by atoms with van der Waals surface area (Å²) in [6, 6.07) is 9.55. The highest BCUT2D eigenvalue weighted by Gasteiger charge is 2.10. The average molecular weight is 290 g/mol. The summed E-state index contributed by atoms with van der Waals surface area (Å²) in [5.41, 5.74) is 2.71. The molecule has 0 spiro atoms. The van der Waals surface area contributed by atoms with Gasteiger partial charge < -0.3 is 10.2 Å². The van der Waals surface area contributed by atoms with Crippen LogP contribution in [0.15, 0.2) is 24.3 Å². The molecule has 0 saturated carbocycles. The number of nitrogens with one attached hydrogen (secondary N) is 1. The molecular weight excluding hydrogens is 256 g/mol. The van der Waals surface area contributed by atoms with E-state index in [1.807, 2.05) is 0 Å². The third kappa shape index (κ3) is 6.99. The highest BCUT2D eigenvalue weighted by molar-refractivity contribution is 5.46. The summed E-state index contributed by atoms with van der Waals surface area (Å²) in [6.07, 6.45) is 9.24. The predicted molar refractivity (Wildman–Crippen MR) is 95.2 cm³/mol. The first-order valence-electron chi connectivity index (χ1n) is 8.69. The topological polar surface area (TPSA) is 15.3 Å². The minimum Gasteiger partial charge on any atom is -0.378 e. The number of nitrogens with zero attached hydrogens (tertiary/aromatic N) is 1. The van der Waals surface area contributed by atoms with E-state index in [9.17, 15) is 0 Å². The third-order valence-electron chi connectivity index (χ3n) is 4.05. The standard InChI is InChI=1S/C19H34N2/c1-5-7-8-9-10-11-19(20-16-6-2)17-12-14-18(15-13-17)21(3)4/h12-15,19-20H,5-11,16H2,1-4H3. The summed E-state index contributed by atoms with van der Waals surface area (Å²) in [4.78, 5) is 2.16. The second-order valence-electron chi connectivity index (χ2n) is 6.20. The van der Waals surface area contributed by atoms with Gasteiger partial charge in [-0.15, -0.1) is 0 Å². The van der Waals surface area contributed by atoms with Crippen molar-refractivity contribution in [2.45, 2.75) is 64.8 Å². The molecule has 0 fully saturated rings. The fourth-order valence-corrected chi connectivity index (χ4v) is 2.66. The molecule has 21 heavy (non-hydrogen) atoms. The number of hydrogen-bond acceptors (Lipinski definition) is 2. The number of anilines is 1. The Labute approximate surface area is 131 Å². The van der Waals surface area contributed by atoms with Crippen LogP contribution in [0.1, 0.15) is 70.4 Å². The molecule has 120 valence electrons. The van der Waals surface area contributed by atoms with E-state index in [4.69, 9.17) is 0 Å². The second kappa shape index (κ2) is 10.7. The number of unbranched alkanes of at least 4 members (excludes halogenated alkanes) is 4. The molecule has 0 amide bonds. The predicted octanol–water partition coefficient (Wildman–Crippen LogP) is 5.15. The summed E-state index contributed by atoms with van der Waals surface area (Å²) in [5, 5.41) is 3.71. The van der Waals surface area contributed by atoms with Gasteiger partial charge in [0.2, 0.25) is 0 Å². The van der Waals surface area contributed by atoms with Crippen molar-refractivity contribution in [2.75, 3.05) is 25.5 Å². The maximum absolute atomic E-state index is 3.71. The number of benzene rings is 1. The Bertz CT molecular complexity index is 356.